The highest BCUT2D eigenvalue weighted by atomic mass is 35.5. The normalized spacial score (nSPS) is 16.8. The maximum absolute atomic E-state index is 12.4. The minimum atomic E-state index is -0.513. The Bertz CT molecular complexity index is 1420. The lowest BCUT2D eigenvalue weighted by Gasteiger charge is -2.28. The molecule has 4 N–H and O–H groups in total. The lowest BCUT2D eigenvalue weighted by molar-refractivity contribution is -0.125. The Balaban J connectivity index is 0.00000172. The molecule has 2 unspecified atom stereocenters. The molecular weight excluding hydrogens is 522 g/mol. The third-order valence-electron chi connectivity index (χ3n) is 6.42. The fraction of sp³-hybridized carbons (Fsp3) is 0.407. The predicted octanol–water partition coefficient (Wildman–Crippen LogP) is 4.59. The van der Waals surface area contributed by atoms with Crippen LogP contribution in [0.4, 0.5) is 11.6 Å². The summed E-state index contributed by atoms with van der Waals surface area (Å²) in [6, 6.07) is 8.76. The van der Waals surface area contributed by atoms with Crippen LogP contribution in [0.5, 0.6) is 11.5 Å². The number of carbonyl (C=O) groups excluding carboxylic acids is 1. The van der Waals surface area contributed by atoms with E-state index < -0.39 is 6.10 Å². The summed E-state index contributed by atoms with van der Waals surface area (Å²) in [4.78, 5) is 17.0. The molecular formula is C27H34ClN7O4. The number of nitrogens with zero attached hydrogens (tertiary/aromatic N) is 4. The first kappa shape index (κ1) is 28.2. The summed E-state index contributed by atoms with van der Waals surface area (Å²) < 4.78 is 12.8. The number of aliphatic hydroxyl groups excluding tert-OH is 1. The Morgan fingerprint density at radius 1 is 1.21 bits per heavy atom. The van der Waals surface area contributed by atoms with Gasteiger partial charge in [0.2, 0.25) is 5.95 Å². The van der Waals surface area contributed by atoms with E-state index in [0.29, 0.717) is 46.0 Å². The standard InChI is InChI=1S/C25H28ClN7O4.C2H6/c1-33-25(29-18-9-8-16-15(23(18)26)12-27-31-16)30-24(32-33)14-7-10-20(21(11-14)36-2)37-13-22(35)28-17-5-3-4-6-19(17)34;1-2/h7-12,17,19,34H,3-6,13H2,1-2H3,(H,27,31)(H,28,35)(H,29,30,32);1-2H3. The van der Waals surface area contributed by atoms with E-state index in [9.17, 15) is 9.90 Å². The van der Waals surface area contributed by atoms with Crippen molar-refractivity contribution in [1.29, 1.82) is 0 Å². The third-order valence-corrected chi connectivity index (χ3v) is 6.83. The summed E-state index contributed by atoms with van der Waals surface area (Å²) in [5.74, 6) is 1.55. The number of fused-ring (bicyclic) bond motifs is 1. The lowest BCUT2D eigenvalue weighted by Crippen LogP contribution is -2.46. The molecule has 0 bridgehead atoms. The highest BCUT2D eigenvalue weighted by Crippen LogP contribution is 2.34. The molecule has 11 nitrogen and oxygen atoms in total. The molecule has 4 aromatic rings. The number of nitrogens with one attached hydrogen (secondary N) is 3. The first-order valence-corrected chi connectivity index (χ1v) is 13.4. The van der Waals surface area contributed by atoms with E-state index in [2.05, 4.69) is 30.9 Å². The molecule has 1 fully saturated rings. The molecule has 0 aliphatic heterocycles. The van der Waals surface area contributed by atoms with Gasteiger partial charge in [0, 0.05) is 18.0 Å². The first-order chi connectivity index (χ1) is 18.9. The smallest absolute Gasteiger partial charge is 0.258 e. The number of anilines is 2. The number of ether oxygens (including phenoxy) is 2. The van der Waals surface area contributed by atoms with Crippen molar-refractivity contribution in [3.8, 4) is 22.9 Å². The lowest BCUT2D eigenvalue weighted by atomic mass is 9.92. The molecule has 2 heterocycles. The highest BCUT2D eigenvalue weighted by Gasteiger charge is 2.24. The number of aromatic amines is 1. The van der Waals surface area contributed by atoms with Crippen molar-refractivity contribution in [2.45, 2.75) is 51.7 Å². The van der Waals surface area contributed by atoms with Crippen LogP contribution in [0, 0.1) is 0 Å². The molecule has 12 heteroatoms. The van der Waals surface area contributed by atoms with E-state index in [4.69, 9.17) is 21.1 Å². The monoisotopic (exact) mass is 555 g/mol. The van der Waals surface area contributed by atoms with E-state index in [0.717, 1.165) is 30.2 Å². The number of methoxy groups -OCH3 is 1. The number of amides is 1. The van der Waals surface area contributed by atoms with Gasteiger partial charge < -0.3 is 25.2 Å². The van der Waals surface area contributed by atoms with Crippen molar-refractivity contribution < 1.29 is 19.4 Å². The fourth-order valence-corrected chi connectivity index (χ4v) is 4.67. The zero-order chi connectivity index (χ0) is 27.9. The zero-order valence-corrected chi connectivity index (χ0v) is 23.2. The number of hydrogen-bond acceptors (Lipinski definition) is 8. The van der Waals surface area contributed by atoms with Crippen LogP contribution < -0.4 is 20.1 Å². The number of benzene rings is 2. The second-order valence-corrected chi connectivity index (χ2v) is 9.32. The average molecular weight is 556 g/mol. The van der Waals surface area contributed by atoms with Crippen LogP contribution in [0.1, 0.15) is 39.5 Å². The maximum Gasteiger partial charge on any atom is 0.258 e. The molecule has 0 radical (unpaired) electrons. The SMILES string of the molecule is CC.COc1cc(-c2nc(Nc3ccc4[nH]ncc4c3Cl)n(C)n2)ccc1OCC(=O)NC1CCCCC1O. The number of hydrogen-bond donors (Lipinski definition) is 4. The van der Waals surface area contributed by atoms with E-state index in [1.807, 2.05) is 26.0 Å². The van der Waals surface area contributed by atoms with Gasteiger partial charge in [-0.1, -0.05) is 38.3 Å². The van der Waals surface area contributed by atoms with Gasteiger partial charge in [-0.3, -0.25) is 9.89 Å². The van der Waals surface area contributed by atoms with E-state index in [1.54, 1.807) is 36.1 Å². The molecule has 2 atom stereocenters. The number of aromatic nitrogens is 5. The molecule has 1 saturated carbocycles. The van der Waals surface area contributed by atoms with Crippen LogP contribution in [-0.2, 0) is 11.8 Å². The fourth-order valence-electron chi connectivity index (χ4n) is 4.41. The minimum Gasteiger partial charge on any atom is -0.493 e. The second kappa shape index (κ2) is 12.8. The summed E-state index contributed by atoms with van der Waals surface area (Å²) in [6.45, 7) is 3.82. The Morgan fingerprint density at radius 2 is 2.00 bits per heavy atom. The molecule has 1 aliphatic carbocycles. The first-order valence-electron chi connectivity index (χ1n) is 13.0. The molecule has 2 aromatic carbocycles. The summed E-state index contributed by atoms with van der Waals surface area (Å²) in [5.41, 5.74) is 2.23. The highest BCUT2D eigenvalue weighted by molar-refractivity contribution is 6.38. The van der Waals surface area contributed by atoms with Gasteiger partial charge in [0.15, 0.2) is 23.9 Å². The summed E-state index contributed by atoms with van der Waals surface area (Å²) in [6.07, 6.45) is 4.59. The van der Waals surface area contributed by atoms with Gasteiger partial charge in [0.1, 0.15) is 0 Å². The van der Waals surface area contributed by atoms with Crippen LogP contribution in [0.25, 0.3) is 22.3 Å². The van der Waals surface area contributed by atoms with Gasteiger partial charge in [-0.25, -0.2) is 4.68 Å². The maximum atomic E-state index is 12.4. The van der Waals surface area contributed by atoms with Crippen molar-refractivity contribution in [3.63, 3.8) is 0 Å². The Kier molecular flexibility index (Phi) is 9.26. The van der Waals surface area contributed by atoms with Gasteiger partial charge in [-0.15, -0.1) is 5.10 Å². The summed E-state index contributed by atoms with van der Waals surface area (Å²) >= 11 is 6.53. The average Bonchev–Trinajstić information content (AvgIpc) is 3.58. The Morgan fingerprint density at radius 3 is 2.77 bits per heavy atom. The summed E-state index contributed by atoms with van der Waals surface area (Å²) in [7, 11) is 3.30. The predicted molar refractivity (Wildman–Crippen MR) is 151 cm³/mol. The largest absolute Gasteiger partial charge is 0.493 e. The molecule has 1 amide bonds. The molecule has 5 rings (SSSR count). The van der Waals surface area contributed by atoms with Crippen molar-refractivity contribution in [2.24, 2.45) is 7.05 Å². The van der Waals surface area contributed by atoms with Crippen LogP contribution in [-0.4, -0.2) is 61.8 Å². The van der Waals surface area contributed by atoms with Gasteiger partial charge in [0.05, 0.1) is 41.7 Å². The molecule has 39 heavy (non-hydrogen) atoms. The van der Waals surface area contributed by atoms with Gasteiger partial charge in [-0.05, 0) is 43.2 Å². The van der Waals surface area contributed by atoms with Crippen molar-refractivity contribution in [3.05, 3.63) is 41.6 Å². The second-order valence-electron chi connectivity index (χ2n) is 8.95. The third kappa shape index (κ3) is 6.43. The quantitative estimate of drug-likeness (QED) is 0.247. The number of aryl methyl sites for hydroxylation is 1. The minimum absolute atomic E-state index is 0.184. The van der Waals surface area contributed by atoms with Gasteiger partial charge in [0.25, 0.3) is 5.91 Å². The van der Waals surface area contributed by atoms with Crippen LogP contribution in [0.2, 0.25) is 5.02 Å². The molecule has 0 saturated heterocycles. The number of H-pyrrole nitrogens is 1. The zero-order valence-electron chi connectivity index (χ0n) is 22.5. The number of rotatable bonds is 8. The van der Waals surface area contributed by atoms with E-state index in [1.165, 1.54) is 7.11 Å². The van der Waals surface area contributed by atoms with E-state index >= 15 is 0 Å². The van der Waals surface area contributed by atoms with Gasteiger partial charge >= 0.3 is 0 Å². The molecule has 208 valence electrons. The molecule has 1 aliphatic rings. The summed E-state index contributed by atoms with van der Waals surface area (Å²) in [5, 5.41) is 28.9. The van der Waals surface area contributed by atoms with Crippen molar-refractivity contribution in [1.82, 2.24) is 30.3 Å². The number of halogens is 1. The van der Waals surface area contributed by atoms with Crippen LogP contribution in [0.3, 0.4) is 0 Å². The van der Waals surface area contributed by atoms with Crippen molar-refractivity contribution in [2.75, 3.05) is 19.0 Å². The Labute approximate surface area is 231 Å². The number of aliphatic hydroxyl groups is 1. The topological polar surface area (TPSA) is 139 Å². The molecule has 2 aromatic heterocycles. The van der Waals surface area contributed by atoms with Gasteiger partial charge in [-0.2, -0.15) is 10.1 Å². The Hall–Kier alpha value is -3.83. The van der Waals surface area contributed by atoms with Crippen molar-refractivity contribution >= 4 is 40.0 Å². The molecule has 0 spiro atoms. The number of carbonyl (C=O) groups is 1. The van der Waals surface area contributed by atoms with Crippen LogP contribution >= 0.6 is 11.6 Å². The van der Waals surface area contributed by atoms with Crippen LogP contribution in [0.15, 0.2) is 36.5 Å². The van der Waals surface area contributed by atoms with E-state index in [-0.39, 0.29) is 18.6 Å².